The average molecular weight is 403 g/mol. The predicted octanol–water partition coefficient (Wildman–Crippen LogP) is 3.56. The quantitative estimate of drug-likeness (QED) is 0.514. The normalized spacial score (nSPS) is 19.3. The zero-order valence-electron chi connectivity index (χ0n) is 18.4. The first-order valence-electron chi connectivity index (χ1n) is 11.3. The number of hydrogen-bond donors (Lipinski definition) is 2. The van der Waals surface area contributed by atoms with Crippen LogP contribution >= 0.6 is 0 Å². The Hall–Kier alpha value is -1.95. The Bertz CT molecular complexity index is 650. The monoisotopic (exact) mass is 402 g/mol. The maximum atomic E-state index is 5.69. The highest BCUT2D eigenvalue weighted by atomic mass is 16.5. The molecule has 1 aliphatic carbocycles. The lowest BCUT2D eigenvalue weighted by Gasteiger charge is -2.36. The molecule has 0 atom stereocenters. The molecule has 0 spiro atoms. The number of hydrogen-bond acceptors (Lipinski definition) is 4. The Morgan fingerprint density at radius 1 is 1.10 bits per heavy atom. The highest BCUT2D eigenvalue weighted by Crippen LogP contribution is 2.28. The highest BCUT2D eigenvalue weighted by Gasteiger charge is 2.27. The average Bonchev–Trinajstić information content (AvgIpc) is 3.28. The van der Waals surface area contributed by atoms with Crippen LogP contribution in [0, 0.1) is 0 Å². The zero-order chi connectivity index (χ0) is 20.5. The predicted molar refractivity (Wildman–Crippen MR) is 119 cm³/mol. The zero-order valence-corrected chi connectivity index (χ0v) is 18.4. The van der Waals surface area contributed by atoms with E-state index in [0.717, 1.165) is 35.6 Å². The molecule has 2 aliphatic rings. The summed E-state index contributed by atoms with van der Waals surface area (Å²) in [5.74, 6) is 2.44. The molecular weight excluding hydrogens is 364 g/mol. The molecule has 0 radical (unpaired) electrons. The van der Waals surface area contributed by atoms with Gasteiger partial charge in [-0.1, -0.05) is 18.9 Å². The van der Waals surface area contributed by atoms with Gasteiger partial charge in [0.1, 0.15) is 0 Å². The van der Waals surface area contributed by atoms with Crippen LogP contribution in [-0.2, 0) is 6.54 Å². The summed E-state index contributed by atoms with van der Waals surface area (Å²) in [5, 5.41) is 7.06. The van der Waals surface area contributed by atoms with Gasteiger partial charge in [-0.15, -0.1) is 0 Å². The second-order valence-electron chi connectivity index (χ2n) is 8.01. The fourth-order valence-electron chi connectivity index (χ4n) is 4.45. The largest absolute Gasteiger partial charge is 0.493 e. The lowest BCUT2D eigenvalue weighted by atomic mass is 10.0. The molecule has 1 saturated carbocycles. The first-order chi connectivity index (χ1) is 14.2. The van der Waals surface area contributed by atoms with Crippen molar-refractivity contribution in [2.75, 3.05) is 33.4 Å². The summed E-state index contributed by atoms with van der Waals surface area (Å²) in [4.78, 5) is 7.53. The third kappa shape index (κ3) is 6.26. The topological polar surface area (TPSA) is 58.1 Å². The molecule has 0 unspecified atom stereocenters. The van der Waals surface area contributed by atoms with E-state index >= 15 is 0 Å². The molecule has 0 bridgehead atoms. The van der Waals surface area contributed by atoms with Gasteiger partial charge in [0.05, 0.1) is 20.3 Å². The van der Waals surface area contributed by atoms with Crippen LogP contribution in [0.1, 0.15) is 57.9 Å². The summed E-state index contributed by atoms with van der Waals surface area (Å²) >= 11 is 0. The maximum absolute atomic E-state index is 5.69. The summed E-state index contributed by atoms with van der Waals surface area (Å²) in [6.45, 7) is 8.60. The molecule has 0 amide bonds. The highest BCUT2D eigenvalue weighted by molar-refractivity contribution is 5.80. The van der Waals surface area contributed by atoms with Gasteiger partial charge in [0.25, 0.3) is 0 Å². The number of nitrogens with zero attached hydrogens (tertiary/aromatic N) is 2. The third-order valence-electron chi connectivity index (χ3n) is 6.00. The van der Waals surface area contributed by atoms with Gasteiger partial charge in [-0.3, -0.25) is 0 Å². The van der Waals surface area contributed by atoms with Crippen molar-refractivity contribution in [1.82, 2.24) is 15.5 Å². The number of benzene rings is 1. The van der Waals surface area contributed by atoms with E-state index in [9.17, 15) is 0 Å². The first-order valence-corrected chi connectivity index (χ1v) is 11.3. The SMILES string of the molecule is CCNC(=NCc1ccc(OC)c(OCC)c1)NC1CCN(C2CCCC2)CC1. The van der Waals surface area contributed by atoms with Gasteiger partial charge in [-0.05, 0) is 57.2 Å². The molecule has 162 valence electrons. The number of rotatable bonds is 8. The van der Waals surface area contributed by atoms with Crippen molar-refractivity contribution in [2.45, 2.75) is 71.0 Å². The van der Waals surface area contributed by atoms with Crippen LogP contribution in [0.25, 0.3) is 0 Å². The molecule has 6 heteroatoms. The maximum Gasteiger partial charge on any atom is 0.191 e. The van der Waals surface area contributed by atoms with E-state index in [4.69, 9.17) is 14.5 Å². The van der Waals surface area contributed by atoms with E-state index in [2.05, 4.69) is 28.5 Å². The molecule has 1 saturated heterocycles. The Labute approximate surface area is 176 Å². The van der Waals surface area contributed by atoms with Gasteiger partial charge in [-0.25, -0.2) is 4.99 Å². The van der Waals surface area contributed by atoms with Gasteiger partial charge < -0.3 is 25.0 Å². The molecule has 2 N–H and O–H groups in total. The van der Waals surface area contributed by atoms with E-state index in [1.807, 2.05) is 19.1 Å². The molecule has 2 fully saturated rings. The Kier molecular flexibility index (Phi) is 8.47. The smallest absolute Gasteiger partial charge is 0.191 e. The molecule has 0 aromatic heterocycles. The van der Waals surface area contributed by atoms with Gasteiger partial charge in [0.15, 0.2) is 17.5 Å². The second kappa shape index (κ2) is 11.3. The van der Waals surface area contributed by atoms with E-state index in [1.165, 1.54) is 51.6 Å². The van der Waals surface area contributed by atoms with Crippen molar-refractivity contribution in [3.05, 3.63) is 23.8 Å². The molecule has 1 aliphatic heterocycles. The number of methoxy groups -OCH3 is 1. The second-order valence-corrected chi connectivity index (χ2v) is 8.01. The number of guanidine groups is 1. The van der Waals surface area contributed by atoms with Crippen molar-refractivity contribution in [3.8, 4) is 11.5 Å². The fourth-order valence-corrected chi connectivity index (χ4v) is 4.45. The van der Waals surface area contributed by atoms with E-state index in [-0.39, 0.29) is 0 Å². The molecule has 6 nitrogen and oxygen atoms in total. The lowest BCUT2D eigenvalue weighted by molar-refractivity contribution is 0.150. The van der Waals surface area contributed by atoms with E-state index in [0.29, 0.717) is 19.2 Å². The van der Waals surface area contributed by atoms with Crippen molar-refractivity contribution in [2.24, 2.45) is 4.99 Å². The van der Waals surface area contributed by atoms with Crippen LogP contribution in [0.5, 0.6) is 11.5 Å². The van der Waals surface area contributed by atoms with Crippen LogP contribution in [-0.4, -0.2) is 56.3 Å². The van der Waals surface area contributed by atoms with Gasteiger partial charge in [-0.2, -0.15) is 0 Å². The van der Waals surface area contributed by atoms with Crippen LogP contribution in [0.2, 0.25) is 0 Å². The summed E-state index contributed by atoms with van der Waals surface area (Å²) in [6, 6.07) is 7.37. The number of nitrogens with one attached hydrogen (secondary N) is 2. The number of likely N-dealkylation sites (tertiary alicyclic amines) is 1. The van der Waals surface area contributed by atoms with Crippen molar-refractivity contribution >= 4 is 5.96 Å². The van der Waals surface area contributed by atoms with Crippen LogP contribution in [0.4, 0.5) is 0 Å². The van der Waals surface area contributed by atoms with E-state index < -0.39 is 0 Å². The molecule has 3 rings (SSSR count). The van der Waals surface area contributed by atoms with Crippen molar-refractivity contribution in [3.63, 3.8) is 0 Å². The molecule has 1 aromatic carbocycles. The summed E-state index contributed by atoms with van der Waals surface area (Å²) in [5.41, 5.74) is 1.11. The number of ether oxygens (including phenoxy) is 2. The Morgan fingerprint density at radius 2 is 1.86 bits per heavy atom. The van der Waals surface area contributed by atoms with E-state index in [1.54, 1.807) is 7.11 Å². The minimum absolute atomic E-state index is 0.500. The minimum Gasteiger partial charge on any atom is -0.493 e. The summed E-state index contributed by atoms with van der Waals surface area (Å²) in [6.07, 6.45) is 8.00. The Balaban J connectivity index is 1.55. The van der Waals surface area contributed by atoms with Crippen LogP contribution in [0.3, 0.4) is 0 Å². The standard InChI is InChI=1S/C23H38N4O2/c1-4-24-23(25-17-18-10-11-21(28-3)22(16-18)29-5-2)26-19-12-14-27(15-13-19)20-8-6-7-9-20/h10-11,16,19-20H,4-9,12-15,17H2,1-3H3,(H2,24,25,26). The number of piperidine rings is 1. The lowest BCUT2D eigenvalue weighted by Crippen LogP contribution is -2.50. The van der Waals surface area contributed by atoms with Gasteiger partial charge >= 0.3 is 0 Å². The van der Waals surface area contributed by atoms with Crippen molar-refractivity contribution < 1.29 is 9.47 Å². The van der Waals surface area contributed by atoms with Crippen LogP contribution in [0.15, 0.2) is 23.2 Å². The van der Waals surface area contributed by atoms with Crippen LogP contribution < -0.4 is 20.1 Å². The molecule has 1 aromatic rings. The summed E-state index contributed by atoms with van der Waals surface area (Å²) < 4.78 is 11.1. The van der Waals surface area contributed by atoms with Gasteiger partial charge in [0, 0.05) is 31.7 Å². The Morgan fingerprint density at radius 3 is 2.52 bits per heavy atom. The van der Waals surface area contributed by atoms with Gasteiger partial charge in [0.2, 0.25) is 0 Å². The first kappa shape index (κ1) is 21.8. The molecule has 29 heavy (non-hydrogen) atoms. The molecular formula is C23H38N4O2. The fraction of sp³-hybridized carbons (Fsp3) is 0.696. The summed E-state index contributed by atoms with van der Waals surface area (Å²) in [7, 11) is 1.67. The van der Waals surface area contributed by atoms with Crippen molar-refractivity contribution in [1.29, 1.82) is 0 Å². The third-order valence-corrected chi connectivity index (χ3v) is 6.00. The minimum atomic E-state index is 0.500. The number of aliphatic imine (C=N–C) groups is 1. The molecule has 1 heterocycles.